The number of hydrogen-bond donors (Lipinski definition) is 2. The lowest BCUT2D eigenvalue weighted by Gasteiger charge is -2.24. The summed E-state index contributed by atoms with van der Waals surface area (Å²) in [5.41, 5.74) is 0.948. The van der Waals surface area contributed by atoms with Crippen molar-refractivity contribution in [3.63, 3.8) is 0 Å². The van der Waals surface area contributed by atoms with E-state index >= 15 is 0 Å². The fourth-order valence-electron chi connectivity index (χ4n) is 0.776. The maximum Gasteiger partial charge on any atom is 0.0913 e. The molecule has 0 radical (unpaired) electrons. The molecule has 0 aromatic rings. The summed E-state index contributed by atoms with van der Waals surface area (Å²) in [6.07, 6.45) is 1.18. The van der Waals surface area contributed by atoms with Crippen molar-refractivity contribution in [1.82, 2.24) is 10.3 Å². The molecule has 0 aliphatic heterocycles. The molecule has 1 unspecified atom stereocenters. The summed E-state index contributed by atoms with van der Waals surface area (Å²) in [6.45, 7) is 7.73. The molecule has 0 heterocycles. The van der Waals surface area contributed by atoms with Gasteiger partial charge < -0.3 is 5.32 Å². The van der Waals surface area contributed by atoms with Gasteiger partial charge in [-0.15, -0.1) is 0 Å². The summed E-state index contributed by atoms with van der Waals surface area (Å²) in [7, 11) is 1.84. The van der Waals surface area contributed by atoms with E-state index in [1.54, 1.807) is 5.01 Å². The highest BCUT2D eigenvalue weighted by molar-refractivity contribution is 4.86. The van der Waals surface area contributed by atoms with Crippen LogP contribution in [0, 0.1) is 0 Å². The molecular weight excluding hydrogens is 126 g/mol. The van der Waals surface area contributed by atoms with Crippen LogP contribution in [0.2, 0.25) is 0 Å². The third-order valence-corrected chi connectivity index (χ3v) is 1.29. The standard InChI is InChI=1S/C7H17N3/c1-5-7(10(4)8)9-6(2)3/h7,9H,2,5,8H2,1,3-4H3. The summed E-state index contributed by atoms with van der Waals surface area (Å²) in [5, 5.41) is 4.78. The fourth-order valence-corrected chi connectivity index (χ4v) is 0.776. The fraction of sp³-hybridized carbons (Fsp3) is 0.714. The van der Waals surface area contributed by atoms with Gasteiger partial charge in [-0.2, -0.15) is 0 Å². The Hall–Kier alpha value is -0.540. The van der Waals surface area contributed by atoms with E-state index in [1.165, 1.54) is 0 Å². The summed E-state index contributed by atoms with van der Waals surface area (Å²) in [4.78, 5) is 0. The van der Waals surface area contributed by atoms with E-state index in [9.17, 15) is 0 Å². The maximum absolute atomic E-state index is 5.53. The SMILES string of the molecule is C=C(C)NC(CC)N(C)N. The van der Waals surface area contributed by atoms with Crippen LogP contribution in [-0.4, -0.2) is 18.2 Å². The Morgan fingerprint density at radius 2 is 2.30 bits per heavy atom. The molecule has 0 aliphatic carbocycles. The topological polar surface area (TPSA) is 41.3 Å². The van der Waals surface area contributed by atoms with Gasteiger partial charge in [-0.05, 0) is 13.3 Å². The van der Waals surface area contributed by atoms with Gasteiger partial charge >= 0.3 is 0 Å². The molecule has 1 atom stereocenters. The second kappa shape index (κ2) is 4.30. The van der Waals surface area contributed by atoms with Crippen LogP contribution in [0.4, 0.5) is 0 Å². The summed E-state index contributed by atoms with van der Waals surface area (Å²) < 4.78 is 0. The predicted molar refractivity (Wildman–Crippen MR) is 44.0 cm³/mol. The highest BCUT2D eigenvalue weighted by atomic mass is 15.4. The minimum absolute atomic E-state index is 0.206. The molecule has 60 valence electrons. The van der Waals surface area contributed by atoms with Gasteiger partial charge in [0.1, 0.15) is 0 Å². The van der Waals surface area contributed by atoms with Crippen molar-refractivity contribution in [2.75, 3.05) is 7.05 Å². The zero-order valence-corrected chi connectivity index (χ0v) is 7.02. The minimum atomic E-state index is 0.206. The predicted octanol–water partition coefficient (Wildman–Crippen LogP) is 0.651. The molecule has 0 bridgehead atoms. The van der Waals surface area contributed by atoms with Gasteiger partial charge in [0.2, 0.25) is 0 Å². The first-order valence-corrected chi connectivity index (χ1v) is 3.47. The zero-order valence-electron chi connectivity index (χ0n) is 7.02. The molecule has 3 nitrogen and oxygen atoms in total. The first kappa shape index (κ1) is 9.46. The van der Waals surface area contributed by atoms with Crippen LogP contribution in [0.15, 0.2) is 12.3 Å². The summed E-state index contributed by atoms with van der Waals surface area (Å²) >= 11 is 0. The number of hydrazine groups is 1. The average Bonchev–Trinajstić information content (AvgIpc) is 1.81. The van der Waals surface area contributed by atoms with E-state index in [0.717, 1.165) is 12.1 Å². The summed E-state index contributed by atoms with van der Waals surface area (Å²) in [6, 6.07) is 0. The molecule has 0 saturated carbocycles. The Kier molecular flexibility index (Phi) is 4.07. The van der Waals surface area contributed by atoms with Crippen LogP contribution >= 0.6 is 0 Å². The quantitative estimate of drug-likeness (QED) is 0.345. The molecule has 0 fully saturated rings. The van der Waals surface area contributed by atoms with E-state index in [4.69, 9.17) is 5.84 Å². The van der Waals surface area contributed by atoms with E-state index in [0.29, 0.717) is 0 Å². The van der Waals surface area contributed by atoms with Crippen molar-refractivity contribution in [3.05, 3.63) is 12.3 Å². The number of nitrogens with one attached hydrogen (secondary N) is 1. The minimum Gasteiger partial charge on any atom is -0.373 e. The highest BCUT2D eigenvalue weighted by Gasteiger charge is 2.06. The van der Waals surface area contributed by atoms with Crippen molar-refractivity contribution in [3.8, 4) is 0 Å². The van der Waals surface area contributed by atoms with Crippen LogP contribution in [0.5, 0.6) is 0 Å². The molecule has 3 N–H and O–H groups in total. The van der Waals surface area contributed by atoms with Crippen molar-refractivity contribution in [2.45, 2.75) is 26.4 Å². The van der Waals surface area contributed by atoms with Crippen molar-refractivity contribution in [2.24, 2.45) is 5.84 Å². The number of rotatable bonds is 4. The number of allylic oxidation sites excluding steroid dienone is 1. The molecule has 0 saturated heterocycles. The van der Waals surface area contributed by atoms with Crippen molar-refractivity contribution in [1.29, 1.82) is 0 Å². The lowest BCUT2D eigenvalue weighted by atomic mass is 10.3. The molecule has 0 aliphatic rings. The van der Waals surface area contributed by atoms with Gasteiger partial charge in [-0.3, -0.25) is 5.84 Å². The van der Waals surface area contributed by atoms with Gasteiger partial charge in [0.15, 0.2) is 0 Å². The first-order chi connectivity index (χ1) is 4.57. The Balaban J connectivity index is 3.71. The Bertz CT molecular complexity index is 109. The van der Waals surface area contributed by atoms with Crippen LogP contribution in [0.25, 0.3) is 0 Å². The Morgan fingerprint density at radius 1 is 1.80 bits per heavy atom. The van der Waals surface area contributed by atoms with Gasteiger partial charge in [-0.1, -0.05) is 13.5 Å². The molecule has 0 rings (SSSR count). The summed E-state index contributed by atoms with van der Waals surface area (Å²) in [5.74, 6) is 5.53. The first-order valence-electron chi connectivity index (χ1n) is 3.47. The number of hydrogen-bond acceptors (Lipinski definition) is 3. The molecular formula is C7H17N3. The molecule has 3 heteroatoms. The molecule has 0 aromatic heterocycles. The van der Waals surface area contributed by atoms with Crippen LogP contribution in [-0.2, 0) is 0 Å². The Labute approximate surface area is 62.9 Å². The average molecular weight is 143 g/mol. The van der Waals surface area contributed by atoms with E-state index in [1.807, 2.05) is 14.0 Å². The number of nitrogens with zero attached hydrogens (tertiary/aromatic N) is 1. The zero-order chi connectivity index (χ0) is 8.15. The van der Waals surface area contributed by atoms with Crippen LogP contribution < -0.4 is 11.2 Å². The van der Waals surface area contributed by atoms with Crippen LogP contribution in [0.3, 0.4) is 0 Å². The monoisotopic (exact) mass is 143 g/mol. The molecule has 0 spiro atoms. The van der Waals surface area contributed by atoms with E-state index < -0.39 is 0 Å². The van der Waals surface area contributed by atoms with Gasteiger partial charge in [-0.25, -0.2) is 5.01 Å². The van der Waals surface area contributed by atoms with E-state index in [-0.39, 0.29) is 6.17 Å². The third kappa shape index (κ3) is 3.48. The second-order valence-corrected chi connectivity index (χ2v) is 2.51. The van der Waals surface area contributed by atoms with Gasteiger partial charge in [0, 0.05) is 12.7 Å². The van der Waals surface area contributed by atoms with Crippen LogP contribution in [0.1, 0.15) is 20.3 Å². The molecule has 0 amide bonds. The smallest absolute Gasteiger partial charge is 0.0913 e. The third-order valence-electron chi connectivity index (χ3n) is 1.29. The van der Waals surface area contributed by atoms with E-state index in [2.05, 4.69) is 18.8 Å². The number of nitrogens with two attached hydrogens (primary N) is 1. The largest absolute Gasteiger partial charge is 0.373 e. The van der Waals surface area contributed by atoms with Gasteiger partial charge in [0.05, 0.1) is 6.17 Å². The molecule has 10 heavy (non-hydrogen) atoms. The highest BCUT2D eigenvalue weighted by Crippen LogP contribution is 1.94. The lowest BCUT2D eigenvalue weighted by Crippen LogP contribution is -2.45. The maximum atomic E-state index is 5.53. The second-order valence-electron chi connectivity index (χ2n) is 2.51. The Morgan fingerprint density at radius 3 is 2.40 bits per heavy atom. The molecule has 0 aromatic carbocycles. The van der Waals surface area contributed by atoms with Crippen molar-refractivity contribution < 1.29 is 0 Å². The van der Waals surface area contributed by atoms with Gasteiger partial charge in [0.25, 0.3) is 0 Å². The van der Waals surface area contributed by atoms with Crippen molar-refractivity contribution >= 4 is 0 Å². The normalized spacial score (nSPS) is 13.3. The lowest BCUT2D eigenvalue weighted by molar-refractivity contribution is 0.216.